The first kappa shape index (κ1) is 11.8. The molecule has 0 atom stereocenters. The summed E-state index contributed by atoms with van der Waals surface area (Å²) < 4.78 is 0. The smallest absolute Gasteiger partial charge is 0.0982 e. The van der Waals surface area contributed by atoms with Crippen LogP contribution in [0.15, 0.2) is 22.8 Å². The van der Waals surface area contributed by atoms with E-state index >= 15 is 0 Å². The largest absolute Gasteiger partial charge is 0.170 e. The molecule has 0 N–H and O–H groups in total. The standard InChI is InChI=1S/C12H23BSi/c1-6-13(7-2)11-9-8-10-12(11)14(3,4)5/h8,10H,6-7,9H2,1-5H3. The zero-order chi connectivity index (χ0) is 10.8. The summed E-state index contributed by atoms with van der Waals surface area (Å²) in [6.45, 7) is 12.9. The third-order valence-corrected chi connectivity index (χ3v) is 5.36. The topological polar surface area (TPSA) is 0 Å². The SMILES string of the molecule is CCB(CC)C1=C([Si](C)(C)C)C=CC1. The number of allylic oxidation sites excluding steroid dienone is 4. The van der Waals surface area contributed by atoms with Crippen LogP contribution in [-0.2, 0) is 0 Å². The minimum Gasteiger partial charge on any atom is -0.0982 e. The van der Waals surface area contributed by atoms with Gasteiger partial charge in [0.05, 0.1) is 8.07 Å². The fourth-order valence-corrected chi connectivity index (χ4v) is 4.31. The quantitative estimate of drug-likeness (QED) is 0.605. The molecule has 0 amide bonds. The van der Waals surface area contributed by atoms with Gasteiger partial charge in [-0.15, -0.1) is 0 Å². The number of hydrogen-bond acceptors (Lipinski definition) is 0. The number of hydrogen-bond donors (Lipinski definition) is 0. The van der Waals surface area contributed by atoms with Gasteiger partial charge in [-0.2, -0.15) is 0 Å². The minimum atomic E-state index is -1.09. The molecule has 78 valence electrons. The molecule has 0 saturated heterocycles. The molecule has 0 aromatic carbocycles. The molecule has 0 heterocycles. The summed E-state index contributed by atoms with van der Waals surface area (Å²) in [4.78, 5) is 0. The Kier molecular flexibility index (Phi) is 3.82. The Hall–Kier alpha value is -0.238. The Morgan fingerprint density at radius 1 is 1.21 bits per heavy atom. The van der Waals surface area contributed by atoms with Crippen molar-refractivity contribution in [3.8, 4) is 0 Å². The van der Waals surface area contributed by atoms with Gasteiger partial charge in [-0.25, -0.2) is 0 Å². The first-order chi connectivity index (χ1) is 6.50. The van der Waals surface area contributed by atoms with Crippen LogP contribution in [0.1, 0.15) is 20.3 Å². The molecular weight excluding hydrogens is 183 g/mol. The van der Waals surface area contributed by atoms with Crippen LogP contribution in [0, 0.1) is 0 Å². The maximum Gasteiger partial charge on any atom is 0.170 e. The van der Waals surface area contributed by atoms with Crippen molar-refractivity contribution in [2.75, 3.05) is 0 Å². The molecule has 1 rings (SSSR count). The molecule has 0 aliphatic heterocycles. The van der Waals surface area contributed by atoms with Gasteiger partial charge in [-0.3, -0.25) is 0 Å². The molecule has 0 radical (unpaired) electrons. The maximum atomic E-state index is 2.46. The zero-order valence-corrected chi connectivity index (χ0v) is 11.4. The molecule has 0 spiro atoms. The van der Waals surface area contributed by atoms with Crippen LogP contribution < -0.4 is 0 Å². The molecule has 0 nitrogen and oxygen atoms in total. The second kappa shape index (κ2) is 4.52. The van der Waals surface area contributed by atoms with E-state index < -0.39 is 8.07 Å². The molecule has 0 bridgehead atoms. The Bertz CT molecular complexity index is 254. The van der Waals surface area contributed by atoms with Crippen LogP contribution in [0.5, 0.6) is 0 Å². The van der Waals surface area contributed by atoms with E-state index in [4.69, 9.17) is 0 Å². The van der Waals surface area contributed by atoms with Crippen molar-refractivity contribution in [3.63, 3.8) is 0 Å². The van der Waals surface area contributed by atoms with Crippen LogP contribution >= 0.6 is 0 Å². The minimum absolute atomic E-state index is 0.840. The lowest BCUT2D eigenvalue weighted by Crippen LogP contribution is -2.27. The van der Waals surface area contributed by atoms with Gasteiger partial charge in [0.15, 0.2) is 6.71 Å². The van der Waals surface area contributed by atoms with Crippen LogP contribution in [0.4, 0.5) is 0 Å². The average Bonchev–Trinajstić information content (AvgIpc) is 2.54. The van der Waals surface area contributed by atoms with E-state index in [1.807, 2.05) is 0 Å². The molecule has 1 aliphatic rings. The third kappa shape index (κ3) is 2.41. The van der Waals surface area contributed by atoms with Gasteiger partial charge in [-0.1, -0.05) is 68.9 Å². The Labute approximate surface area is 90.6 Å². The van der Waals surface area contributed by atoms with Gasteiger partial charge >= 0.3 is 0 Å². The van der Waals surface area contributed by atoms with Crippen molar-refractivity contribution in [1.29, 1.82) is 0 Å². The fraction of sp³-hybridized carbons (Fsp3) is 0.667. The fourth-order valence-electron chi connectivity index (χ4n) is 2.42. The average molecular weight is 206 g/mol. The van der Waals surface area contributed by atoms with Gasteiger partial charge in [-0.05, 0) is 6.42 Å². The second-order valence-corrected chi connectivity index (χ2v) is 10.3. The molecule has 0 unspecified atom stereocenters. The molecule has 1 aliphatic carbocycles. The second-order valence-electron chi connectivity index (χ2n) is 5.31. The van der Waals surface area contributed by atoms with Crippen molar-refractivity contribution >= 4 is 14.8 Å². The van der Waals surface area contributed by atoms with Gasteiger partial charge in [0.1, 0.15) is 0 Å². The molecular formula is C12H23BSi. The highest BCUT2D eigenvalue weighted by atomic mass is 28.3. The van der Waals surface area contributed by atoms with Crippen molar-refractivity contribution in [2.45, 2.75) is 52.5 Å². The molecule has 14 heavy (non-hydrogen) atoms. The first-order valence-electron chi connectivity index (χ1n) is 5.90. The molecule has 0 saturated carbocycles. The van der Waals surface area contributed by atoms with E-state index in [0.29, 0.717) is 0 Å². The van der Waals surface area contributed by atoms with Gasteiger partial charge < -0.3 is 0 Å². The van der Waals surface area contributed by atoms with E-state index in [2.05, 4.69) is 45.6 Å². The number of rotatable bonds is 4. The van der Waals surface area contributed by atoms with E-state index in [-0.39, 0.29) is 0 Å². The summed E-state index contributed by atoms with van der Waals surface area (Å²) in [6.07, 6.45) is 8.61. The summed E-state index contributed by atoms with van der Waals surface area (Å²) in [6, 6.07) is 0. The van der Waals surface area contributed by atoms with E-state index in [1.165, 1.54) is 19.1 Å². The zero-order valence-electron chi connectivity index (χ0n) is 10.4. The van der Waals surface area contributed by atoms with E-state index in [1.54, 1.807) is 10.7 Å². The van der Waals surface area contributed by atoms with Crippen molar-refractivity contribution in [3.05, 3.63) is 22.8 Å². The third-order valence-electron chi connectivity index (χ3n) is 3.25. The highest BCUT2D eigenvalue weighted by Gasteiger charge is 2.27. The van der Waals surface area contributed by atoms with Crippen LogP contribution in [0.3, 0.4) is 0 Å². The van der Waals surface area contributed by atoms with Crippen LogP contribution in [-0.4, -0.2) is 14.8 Å². The normalized spacial score (nSPS) is 16.6. The highest BCUT2D eigenvalue weighted by molar-refractivity contribution is 6.86. The summed E-state index contributed by atoms with van der Waals surface area (Å²) >= 11 is 0. The lowest BCUT2D eigenvalue weighted by atomic mass is 9.40. The predicted molar refractivity (Wildman–Crippen MR) is 70.8 cm³/mol. The van der Waals surface area contributed by atoms with Crippen LogP contribution in [0.25, 0.3) is 0 Å². The van der Waals surface area contributed by atoms with Crippen LogP contribution in [0.2, 0.25) is 32.3 Å². The summed E-state index contributed by atoms with van der Waals surface area (Å²) in [7, 11) is -1.09. The van der Waals surface area contributed by atoms with Gasteiger partial charge in [0, 0.05) is 0 Å². The maximum absolute atomic E-state index is 2.46. The lowest BCUT2D eigenvalue weighted by Gasteiger charge is -2.22. The molecule has 0 fully saturated rings. The lowest BCUT2D eigenvalue weighted by molar-refractivity contribution is 1.26. The Morgan fingerprint density at radius 3 is 2.21 bits per heavy atom. The van der Waals surface area contributed by atoms with E-state index in [0.717, 1.165) is 6.71 Å². The predicted octanol–water partition coefficient (Wildman–Crippen LogP) is 4.19. The Morgan fingerprint density at radius 2 is 1.79 bits per heavy atom. The Balaban J connectivity index is 2.96. The van der Waals surface area contributed by atoms with Crippen molar-refractivity contribution in [1.82, 2.24) is 0 Å². The highest BCUT2D eigenvalue weighted by Crippen LogP contribution is 2.31. The summed E-state index contributed by atoms with van der Waals surface area (Å²) in [5, 5.41) is 1.73. The van der Waals surface area contributed by atoms with E-state index in [9.17, 15) is 0 Å². The first-order valence-corrected chi connectivity index (χ1v) is 9.40. The monoisotopic (exact) mass is 206 g/mol. The summed E-state index contributed by atoms with van der Waals surface area (Å²) in [5.74, 6) is 0. The van der Waals surface area contributed by atoms with Crippen molar-refractivity contribution < 1.29 is 0 Å². The van der Waals surface area contributed by atoms with Gasteiger partial charge in [0.2, 0.25) is 0 Å². The molecule has 0 aromatic heterocycles. The summed E-state index contributed by atoms with van der Waals surface area (Å²) in [5.41, 5.74) is 1.76. The molecule has 2 heteroatoms. The van der Waals surface area contributed by atoms with Gasteiger partial charge in [0.25, 0.3) is 0 Å². The molecule has 0 aromatic rings. The van der Waals surface area contributed by atoms with Crippen molar-refractivity contribution in [2.24, 2.45) is 0 Å².